The van der Waals surface area contributed by atoms with Crippen molar-refractivity contribution in [3.8, 4) is 0 Å². The van der Waals surface area contributed by atoms with Crippen LogP contribution in [0.15, 0.2) is 12.1 Å². The molecule has 1 saturated carbocycles. The van der Waals surface area contributed by atoms with E-state index in [0.29, 0.717) is 10.2 Å². The molecule has 0 radical (unpaired) electrons. The number of benzene rings is 1. The van der Waals surface area contributed by atoms with Crippen molar-refractivity contribution in [1.29, 1.82) is 0 Å². The zero-order valence-electron chi connectivity index (χ0n) is 12.1. The van der Waals surface area contributed by atoms with E-state index in [1.54, 1.807) is 0 Å². The molecule has 0 N–H and O–H groups in total. The van der Waals surface area contributed by atoms with Gasteiger partial charge < -0.3 is 0 Å². The van der Waals surface area contributed by atoms with Crippen LogP contribution in [-0.2, 0) is 0 Å². The average molecular weight is 309 g/mol. The Kier molecular flexibility index (Phi) is 4.21. The Morgan fingerprint density at radius 2 is 1.50 bits per heavy atom. The Morgan fingerprint density at radius 1 is 1.00 bits per heavy atom. The van der Waals surface area contributed by atoms with Crippen LogP contribution < -0.4 is 0 Å². The molecule has 1 aromatic carbocycles. The van der Waals surface area contributed by atoms with Gasteiger partial charge in [-0.05, 0) is 55.7 Å². The monoisotopic (exact) mass is 308 g/mol. The maximum atomic E-state index is 4.03. The average Bonchev–Trinajstić information content (AvgIpc) is 2.28. The van der Waals surface area contributed by atoms with Crippen LogP contribution in [0.4, 0.5) is 0 Å². The van der Waals surface area contributed by atoms with Crippen LogP contribution in [0.25, 0.3) is 0 Å². The Labute approximate surface area is 120 Å². The van der Waals surface area contributed by atoms with Gasteiger partial charge in [-0.3, -0.25) is 0 Å². The van der Waals surface area contributed by atoms with Crippen molar-refractivity contribution in [3.05, 3.63) is 34.4 Å². The van der Waals surface area contributed by atoms with E-state index in [0.717, 1.165) is 0 Å². The van der Waals surface area contributed by atoms with Gasteiger partial charge in [0, 0.05) is 4.83 Å². The fourth-order valence-corrected chi connectivity index (χ4v) is 4.73. The van der Waals surface area contributed by atoms with Gasteiger partial charge in [-0.25, -0.2) is 0 Å². The number of rotatable bonds is 2. The van der Waals surface area contributed by atoms with Gasteiger partial charge in [0.1, 0.15) is 0 Å². The summed E-state index contributed by atoms with van der Waals surface area (Å²) in [5, 5.41) is 0. The molecule has 1 aliphatic rings. The number of alkyl halides is 1. The molecule has 0 nitrogen and oxygen atoms in total. The smallest absolute Gasteiger partial charge is 0.0454 e. The van der Waals surface area contributed by atoms with E-state index in [2.05, 4.69) is 55.8 Å². The van der Waals surface area contributed by atoms with Gasteiger partial charge in [0.05, 0.1) is 0 Å². The van der Waals surface area contributed by atoms with Gasteiger partial charge in [-0.1, -0.05) is 59.8 Å². The minimum atomic E-state index is 0.434. The Balaban J connectivity index is 2.36. The highest BCUT2D eigenvalue weighted by Gasteiger charge is 2.36. The normalized spacial score (nSPS) is 20.7. The zero-order chi connectivity index (χ0) is 13.3. The lowest BCUT2D eigenvalue weighted by atomic mass is 9.70. The highest BCUT2D eigenvalue weighted by Crippen LogP contribution is 2.51. The Hall–Kier alpha value is -0.300. The third-order valence-corrected chi connectivity index (χ3v) is 6.16. The Bertz CT molecular complexity index is 404. The van der Waals surface area contributed by atoms with E-state index >= 15 is 0 Å². The molecule has 1 fully saturated rings. The highest BCUT2D eigenvalue weighted by molar-refractivity contribution is 9.09. The minimum absolute atomic E-state index is 0.434. The molecular weight excluding hydrogens is 284 g/mol. The second kappa shape index (κ2) is 5.36. The van der Waals surface area contributed by atoms with Gasteiger partial charge in [0.2, 0.25) is 0 Å². The van der Waals surface area contributed by atoms with E-state index in [-0.39, 0.29) is 0 Å². The summed E-state index contributed by atoms with van der Waals surface area (Å²) in [5.41, 5.74) is 6.23. The summed E-state index contributed by atoms with van der Waals surface area (Å²) < 4.78 is 0. The van der Waals surface area contributed by atoms with Crippen LogP contribution in [0.3, 0.4) is 0 Å². The lowest BCUT2D eigenvalue weighted by Gasteiger charge is -2.39. The Morgan fingerprint density at radius 3 is 2.00 bits per heavy atom. The SMILES string of the molecule is Cc1cc(C)c(C(Br)C2(C)CCCCC2)c(C)c1. The van der Waals surface area contributed by atoms with Crippen molar-refractivity contribution < 1.29 is 0 Å². The van der Waals surface area contributed by atoms with E-state index < -0.39 is 0 Å². The molecule has 2 rings (SSSR count). The molecule has 0 aromatic heterocycles. The number of halogens is 1. The van der Waals surface area contributed by atoms with Crippen LogP contribution in [0, 0.1) is 26.2 Å². The second-order valence-electron chi connectivity index (χ2n) is 6.39. The minimum Gasteiger partial charge on any atom is -0.0833 e. The fourth-order valence-electron chi connectivity index (χ4n) is 3.55. The molecule has 100 valence electrons. The highest BCUT2D eigenvalue weighted by atomic mass is 79.9. The standard InChI is InChI=1S/C17H25Br/c1-12-10-13(2)15(14(3)11-12)16(18)17(4)8-6-5-7-9-17/h10-11,16H,5-9H2,1-4H3. The van der Waals surface area contributed by atoms with Crippen LogP contribution >= 0.6 is 15.9 Å². The van der Waals surface area contributed by atoms with Crippen LogP contribution in [0.2, 0.25) is 0 Å². The van der Waals surface area contributed by atoms with Crippen molar-refractivity contribution in [2.75, 3.05) is 0 Å². The topological polar surface area (TPSA) is 0 Å². The molecule has 0 spiro atoms. The molecule has 1 aromatic rings. The molecule has 0 heterocycles. The third kappa shape index (κ3) is 2.66. The fraction of sp³-hybridized carbons (Fsp3) is 0.647. The molecule has 1 heteroatoms. The van der Waals surface area contributed by atoms with E-state index in [4.69, 9.17) is 0 Å². The molecule has 1 aliphatic carbocycles. The first kappa shape index (κ1) is 14.1. The predicted octanol–water partition coefficient (Wildman–Crippen LogP) is 6.02. The summed E-state index contributed by atoms with van der Waals surface area (Å²) >= 11 is 4.03. The molecule has 18 heavy (non-hydrogen) atoms. The summed E-state index contributed by atoms with van der Waals surface area (Å²) in [6.07, 6.45) is 6.91. The van der Waals surface area contributed by atoms with Crippen molar-refractivity contribution in [1.82, 2.24) is 0 Å². The van der Waals surface area contributed by atoms with Crippen molar-refractivity contribution >= 4 is 15.9 Å². The summed E-state index contributed by atoms with van der Waals surface area (Å²) in [7, 11) is 0. The summed E-state index contributed by atoms with van der Waals surface area (Å²) in [6.45, 7) is 9.17. The van der Waals surface area contributed by atoms with Gasteiger partial charge in [-0.2, -0.15) is 0 Å². The largest absolute Gasteiger partial charge is 0.0833 e. The maximum Gasteiger partial charge on any atom is 0.0454 e. The third-order valence-electron chi connectivity index (χ3n) is 4.60. The van der Waals surface area contributed by atoms with Gasteiger partial charge >= 0.3 is 0 Å². The van der Waals surface area contributed by atoms with Crippen molar-refractivity contribution in [2.45, 2.75) is 64.6 Å². The lowest BCUT2D eigenvalue weighted by Crippen LogP contribution is -2.26. The van der Waals surface area contributed by atoms with Crippen LogP contribution in [-0.4, -0.2) is 0 Å². The number of aryl methyl sites for hydroxylation is 3. The van der Waals surface area contributed by atoms with Crippen molar-refractivity contribution in [3.63, 3.8) is 0 Å². The first-order valence-electron chi connectivity index (χ1n) is 7.16. The molecule has 0 saturated heterocycles. The lowest BCUT2D eigenvalue weighted by molar-refractivity contribution is 0.212. The summed E-state index contributed by atoms with van der Waals surface area (Å²) in [6, 6.07) is 4.64. The molecular formula is C17H25Br. The molecule has 1 unspecified atom stereocenters. The van der Waals surface area contributed by atoms with Crippen LogP contribution in [0.5, 0.6) is 0 Å². The van der Waals surface area contributed by atoms with Gasteiger partial charge in [-0.15, -0.1) is 0 Å². The number of hydrogen-bond acceptors (Lipinski definition) is 0. The van der Waals surface area contributed by atoms with E-state index in [1.165, 1.54) is 54.4 Å². The summed E-state index contributed by atoms with van der Waals surface area (Å²) in [4.78, 5) is 0.505. The second-order valence-corrected chi connectivity index (χ2v) is 7.31. The first-order valence-corrected chi connectivity index (χ1v) is 8.07. The quantitative estimate of drug-likeness (QED) is 0.586. The number of hydrogen-bond donors (Lipinski definition) is 0. The summed E-state index contributed by atoms with van der Waals surface area (Å²) in [5.74, 6) is 0. The van der Waals surface area contributed by atoms with Crippen LogP contribution in [0.1, 0.15) is 66.1 Å². The maximum absolute atomic E-state index is 4.03. The predicted molar refractivity (Wildman–Crippen MR) is 83.5 cm³/mol. The van der Waals surface area contributed by atoms with Gasteiger partial charge in [0.25, 0.3) is 0 Å². The molecule has 1 atom stereocenters. The molecule has 0 amide bonds. The molecule has 0 bridgehead atoms. The van der Waals surface area contributed by atoms with Gasteiger partial charge in [0.15, 0.2) is 0 Å². The van der Waals surface area contributed by atoms with E-state index in [9.17, 15) is 0 Å². The zero-order valence-corrected chi connectivity index (χ0v) is 13.7. The van der Waals surface area contributed by atoms with Crippen molar-refractivity contribution in [2.24, 2.45) is 5.41 Å². The first-order chi connectivity index (χ1) is 8.44. The molecule has 0 aliphatic heterocycles. The van der Waals surface area contributed by atoms with E-state index in [1.807, 2.05) is 0 Å².